The van der Waals surface area contributed by atoms with Crippen molar-refractivity contribution in [3.05, 3.63) is 206 Å². The maximum absolute atomic E-state index is 9.27. The van der Waals surface area contributed by atoms with E-state index in [1.165, 1.54) is 12.1 Å². The smallest absolute Gasteiger partial charge is 0.164 e. The van der Waals surface area contributed by atoms with Crippen LogP contribution in [-0.4, -0.2) is 19.5 Å². The zero-order chi connectivity index (χ0) is 44.8. The Kier molecular flexibility index (Phi) is 6.67. The first-order valence-corrected chi connectivity index (χ1v) is 20.5. The van der Waals surface area contributed by atoms with Crippen LogP contribution in [-0.2, 0) is 0 Å². The number of hydrogen-bond donors (Lipinski definition) is 0. The molecule has 0 saturated heterocycles. The van der Waals surface area contributed by atoms with Crippen LogP contribution in [0.1, 0.15) is 8.22 Å². The molecule has 0 unspecified atom stereocenters. The van der Waals surface area contributed by atoms with Crippen molar-refractivity contribution in [1.29, 1.82) is 0 Å². The van der Waals surface area contributed by atoms with Gasteiger partial charge in [-0.3, -0.25) is 0 Å². The molecule has 0 fully saturated rings. The maximum atomic E-state index is 9.27. The van der Waals surface area contributed by atoms with Gasteiger partial charge in [0.1, 0.15) is 0 Å². The van der Waals surface area contributed by atoms with Gasteiger partial charge in [0.25, 0.3) is 0 Å². The minimum atomic E-state index is -0.154. The standard InChI is InChI=1S/C55H34N4S/c1-3-16-35(17-4-1)53-56-54(36-18-5-2-6-19-36)58-55(57-53)46-32-31-38(39-20-7-8-21-40(39)46)37-30-33-50(59-48-27-12-9-22-41(48)42-23-10-13-28-49(42)59)47(34-37)45-26-15-25-44-43-24-11-14-29-51(43)60-52(44)45/h1-34H/i9D,10D,22D,23D,27D,28D. The summed E-state index contributed by atoms with van der Waals surface area (Å²) in [5, 5.41) is 4.63. The Morgan fingerprint density at radius 2 is 0.950 bits per heavy atom. The quantitative estimate of drug-likeness (QED) is 0.169. The number of fused-ring (bicyclic) bond motifs is 7. The Labute approximate surface area is 358 Å². The molecule has 0 atom stereocenters. The van der Waals surface area contributed by atoms with Gasteiger partial charge in [-0.1, -0.05) is 170 Å². The van der Waals surface area contributed by atoms with E-state index in [-0.39, 0.29) is 47.0 Å². The number of benzene rings is 9. The number of aromatic nitrogens is 4. The van der Waals surface area contributed by atoms with E-state index in [4.69, 9.17) is 20.4 Å². The molecular formula is C55H34N4S. The van der Waals surface area contributed by atoms with Gasteiger partial charge < -0.3 is 4.57 Å². The van der Waals surface area contributed by atoms with Crippen LogP contribution >= 0.6 is 11.3 Å². The lowest BCUT2D eigenvalue weighted by atomic mass is 9.91. The molecule has 0 N–H and O–H groups in total. The Balaban J connectivity index is 1.13. The highest BCUT2D eigenvalue weighted by molar-refractivity contribution is 7.26. The summed E-state index contributed by atoms with van der Waals surface area (Å²) in [4.78, 5) is 15.1. The van der Waals surface area contributed by atoms with Gasteiger partial charge in [0.15, 0.2) is 17.5 Å². The SMILES string of the molecule is [2H]c1cc([2H])c2c(c1[2H])c1c([2H])c([2H])cc([2H])c1n2-c1ccc(-c2ccc(-c3nc(-c4ccccc4)nc(-c4ccccc4)n3)c3ccccc23)cc1-c1cccc2c1sc1ccccc12. The maximum Gasteiger partial charge on any atom is 0.164 e. The summed E-state index contributed by atoms with van der Waals surface area (Å²) in [6, 6.07) is 55.2. The Morgan fingerprint density at radius 3 is 1.63 bits per heavy atom. The summed E-state index contributed by atoms with van der Waals surface area (Å²) < 4.78 is 57.9. The van der Waals surface area contributed by atoms with Crippen LogP contribution in [0, 0.1) is 0 Å². The van der Waals surface area contributed by atoms with Gasteiger partial charge in [-0.05, 0) is 58.2 Å². The summed E-state index contributed by atoms with van der Waals surface area (Å²) in [6.07, 6.45) is 0. The third kappa shape index (κ3) is 5.55. The fraction of sp³-hybridized carbons (Fsp3) is 0. The van der Waals surface area contributed by atoms with Crippen LogP contribution in [0.5, 0.6) is 0 Å². The van der Waals surface area contributed by atoms with E-state index in [1.807, 2.05) is 102 Å². The lowest BCUT2D eigenvalue weighted by Crippen LogP contribution is -2.01. The van der Waals surface area contributed by atoms with Crippen molar-refractivity contribution in [2.24, 2.45) is 0 Å². The lowest BCUT2D eigenvalue weighted by Gasteiger charge is -2.18. The van der Waals surface area contributed by atoms with Crippen molar-refractivity contribution in [3.63, 3.8) is 0 Å². The van der Waals surface area contributed by atoms with Crippen LogP contribution in [0.4, 0.5) is 0 Å². The van der Waals surface area contributed by atoms with Crippen molar-refractivity contribution >= 4 is 64.1 Å². The normalized spacial score (nSPS) is 13.1. The molecular weight excluding hydrogens is 749 g/mol. The van der Waals surface area contributed by atoms with Crippen LogP contribution in [0.15, 0.2) is 206 Å². The summed E-state index contributed by atoms with van der Waals surface area (Å²) >= 11 is 1.70. The number of thiophene rings is 1. The highest BCUT2D eigenvalue weighted by atomic mass is 32.1. The third-order valence-corrected chi connectivity index (χ3v) is 12.5. The molecule has 3 aromatic heterocycles. The van der Waals surface area contributed by atoms with E-state index >= 15 is 0 Å². The summed E-state index contributed by atoms with van der Waals surface area (Å²) in [5.74, 6) is 1.71. The molecule has 0 aliphatic rings. The molecule has 0 spiro atoms. The number of hydrogen-bond acceptors (Lipinski definition) is 4. The Hall–Kier alpha value is -7.73. The molecule has 5 heteroatoms. The summed E-state index contributed by atoms with van der Waals surface area (Å²) in [6.45, 7) is 0. The van der Waals surface area contributed by atoms with Gasteiger partial charge in [-0.25, -0.2) is 15.0 Å². The van der Waals surface area contributed by atoms with Crippen molar-refractivity contribution in [2.45, 2.75) is 0 Å². The molecule has 0 saturated carbocycles. The monoisotopic (exact) mass is 788 g/mol. The first kappa shape index (κ1) is 28.6. The van der Waals surface area contributed by atoms with Crippen molar-refractivity contribution in [1.82, 2.24) is 19.5 Å². The second-order valence-corrected chi connectivity index (χ2v) is 15.7. The molecule has 12 rings (SSSR count). The highest BCUT2D eigenvalue weighted by Gasteiger charge is 2.21. The topological polar surface area (TPSA) is 43.6 Å². The zero-order valence-electron chi connectivity index (χ0n) is 37.9. The number of para-hydroxylation sites is 2. The van der Waals surface area contributed by atoms with Crippen LogP contribution < -0.4 is 0 Å². The molecule has 0 bridgehead atoms. The molecule has 4 nitrogen and oxygen atoms in total. The molecule has 0 aliphatic heterocycles. The van der Waals surface area contributed by atoms with Gasteiger partial charge in [0.05, 0.1) is 24.9 Å². The lowest BCUT2D eigenvalue weighted by molar-refractivity contribution is 1.08. The highest BCUT2D eigenvalue weighted by Crippen LogP contribution is 2.45. The van der Waals surface area contributed by atoms with Crippen LogP contribution in [0.3, 0.4) is 0 Å². The van der Waals surface area contributed by atoms with E-state index in [0.29, 0.717) is 34.2 Å². The van der Waals surface area contributed by atoms with Crippen LogP contribution in [0.2, 0.25) is 0 Å². The first-order chi connectivity index (χ1) is 32.2. The van der Waals surface area contributed by atoms with E-state index in [2.05, 4.69) is 60.7 Å². The fourth-order valence-electron chi connectivity index (χ4n) is 8.50. The fourth-order valence-corrected chi connectivity index (χ4v) is 9.73. The van der Waals surface area contributed by atoms with E-state index in [1.54, 1.807) is 11.3 Å². The largest absolute Gasteiger partial charge is 0.309 e. The molecule has 60 heavy (non-hydrogen) atoms. The van der Waals surface area contributed by atoms with Gasteiger partial charge in [-0.15, -0.1) is 11.3 Å². The van der Waals surface area contributed by atoms with Gasteiger partial charge in [0, 0.05) is 58.8 Å². The second kappa shape index (κ2) is 14.0. The molecule has 0 amide bonds. The molecule has 0 aliphatic carbocycles. The first-order valence-electron chi connectivity index (χ1n) is 22.7. The van der Waals surface area contributed by atoms with Gasteiger partial charge in [-0.2, -0.15) is 0 Å². The Morgan fingerprint density at radius 1 is 0.383 bits per heavy atom. The van der Waals surface area contributed by atoms with Crippen LogP contribution in [0.25, 0.3) is 115 Å². The summed E-state index contributed by atoms with van der Waals surface area (Å²) in [7, 11) is 0. The average Bonchev–Trinajstić information content (AvgIpc) is 3.93. The van der Waals surface area contributed by atoms with E-state index < -0.39 is 0 Å². The number of rotatable bonds is 6. The zero-order valence-corrected chi connectivity index (χ0v) is 32.7. The van der Waals surface area contributed by atoms with Crippen molar-refractivity contribution < 1.29 is 8.22 Å². The third-order valence-electron chi connectivity index (χ3n) is 11.2. The molecule has 280 valence electrons. The summed E-state index contributed by atoms with van der Waals surface area (Å²) in [5.41, 5.74) is 7.55. The minimum absolute atomic E-state index is 0.00612. The predicted molar refractivity (Wildman–Crippen MR) is 252 cm³/mol. The van der Waals surface area contributed by atoms with Crippen molar-refractivity contribution in [2.75, 3.05) is 0 Å². The average molecular weight is 789 g/mol. The van der Waals surface area contributed by atoms with Gasteiger partial charge in [0.2, 0.25) is 0 Å². The molecule has 3 heterocycles. The minimum Gasteiger partial charge on any atom is -0.309 e. The van der Waals surface area contributed by atoms with E-state index in [0.717, 1.165) is 69.9 Å². The van der Waals surface area contributed by atoms with Gasteiger partial charge >= 0.3 is 0 Å². The number of nitrogens with zero attached hydrogens (tertiary/aromatic N) is 4. The van der Waals surface area contributed by atoms with Crippen molar-refractivity contribution in [3.8, 4) is 62.1 Å². The molecule has 9 aromatic carbocycles. The Bertz CT molecular complexity index is 3830. The predicted octanol–water partition coefficient (Wildman–Crippen LogP) is 14.8. The molecule has 0 radical (unpaired) electrons. The van der Waals surface area contributed by atoms with E-state index in [9.17, 15) is 2.74 Å². The molecule has 12 aromatic rings. The second-order valence-electron chi connectivity index (χ2n) is 14.7.